The van der Waals surface area contributed by atoms with E-state index in [2.05, 4.69) is 10.1 Å². The van der Waals surface area contributed by atoms with Gasteiger partial charge in [0.15, 0.2) is 0 Å². The zero-order chi connectivity index (χ0) is 17.9. The van der Waals surface area contributed by atoms with E-state index in [0.717, 1.165) is 36.2 Å². The molecule has 0 radical (unpaired) electrons. The smallest absolute Gasteiger partial charge is 0.128 e. The highest BCUT2D eigenvalue weighted by Crippen LogP contribution is 2.35. The Labute approximate surface area is 156 Å². The Bertz CT molecular complexity index is 726. The first-order valence-electron chi connectivity index (χ1n) is 10.3. The van der Waals surface area contributed by atoms with Gasteiger partial charge in [-0.3, -0.25) is 4.68 Å². The normalized spacial score (nSPS) is 23.3. The van der Waals surface area contributed by atoms with Crippen molar-refractivity contribution in [2.45, 2.75) is 70.3 Å². The minimum Gasteiger partial charge on any atom is -0.328 e. The van der Waals surface area contributed by atoms with Crippen LogP contribution in [0.2, 0.25) is 0 Å². The van der Waals surface area contributed by atoms with Crippen LogP contribution in [0.1, 0.15) is 62.9 Å². The van der Waals surface area contributed by atoms with Gasteiger partial charge >= 0.3 is 0 Å². The van der Waals surface area contributed by atoms with Crippen molar-refractivity contribution in [1.82, 2.24) is 19.7 Å². The van der Waals surface area contributed by atoms with Gasteiger partial charge in [-0.25, -0.2) is 9.97 Å². The highest BCUT2D eigenvalue weighted by atomic mass is 15.3. The molecule has 0 amide bonds. The first kappa shape index (κ1) is 17.7. The monoisotopic (exact) mass is 353 g/mol. The molecular weight excluding hydrogens is 322 g/mol. The molecule has 2 N–H and O–H groups in total. The number of aromatic nitrogens is 4. The van der Waals surface area contributed by atoms with Gasteiger partial charge < -0.3 is 5.73 Å². The van der Waals surface area contributed by atoms with E-state index in [-0.39, 0.29) is 0 Å². The van der Waals surface area contributed by atoms with Gasteiger partial charge in [0.05, 0.1) is 11.9 Å². The molecule has 2 aromatic heterocycles. The van der Waals surface area contributed by atoms with Crippen LogP contribution in [0, 0.1) is 11.8 Å². The summed E-state index contributed by atoms with van der Waals surface area (Å²) in [6, 6.07) is 2.47. The molecule has 0 aliphatic heterocycles. The van der Waals surface area contributed by atoms with E-state index in [4.69, 9.17) is 10.7 Å². The Hall–Kier alpha value is -1.75. The lowest BCUT2D eigenvalue weighted by atomic mass is 9.83. The second-order valence-electron chi connectivity index (χ2n) is 8.31. The van der Waals surface area contributed by atoms with E-state index in [1.165, 1.54) is 62.6 Å². The fourth-order valence-corrected chi connectivity index (χ4v) is 4.21. The van der Waals surface area contributed by atoms with Crippen molar-refractivity contribution >= 4 is 0 Å². The zero-order valence-electron chi connectivity index (χ0n) is 15.9. The minimum atomic E-state index is 0.440. The molecule has 0 atom stereocenters. The van der Waals surface area contributed by atoms with Crippen LogP contribution in [0.5, 0.6) is 0 Å². The molecule has 140 valence electrons. The number of nitrogens with zero attached hydrogens (tertiary/aromatic N) is 4. The quantitative estimate of drug-likeness (QED) is 0.824. The summed E-state index contributed by atoms with van der Waals surface area (Å²) in [6.07, 6.45) is 16.1. The van der Waals surface area contributed by atoms with Crippen LogP contribution in [-0.4, -0.2) is 25.8 Å². The van der Waals surface area contributed by atoms with Crippen LogP contribution in [0.3, 0.4) is 0 Å². The maximum atomic E-state index is 6.01. The lowest BCUT2D eigenvalue weighted by Crippen LogP contribution is -2.26. The predicted octanol–water partition coefficient (Wildman–Crippen LogP) is 3.67. The maximum absolute atomic E-state index is 6.01. The Balaban J connectivity index is 1.37. The molecule has 0 spiro atoms. The molecule has 2 fully saturated rings. The fraction of sp³-hybridized carbons (Fsp3) is 0.667. The summed E-state index contributed by atoms with van der Waals surface area (Å²) in [5, 5.41) is 4.48. The molecule has 2 saturated carbocycles. The van der Waals surface area contributed by atoms with E-state index < -0.39 is 0 Å². The number of hydrogen-bond acceptors (Lipinski definition) is 4. The van der Waals surface area contributed by atoms with Crippen LogP contribution < -0.4 is 5.73 Å². The number of nitrogens with two attached hydrogens (primary N) is 1. The lowest BCUT2D eigenvalue weighted by Gasteiger charge is -2.25. The van der Waals surface area contributed by atoms with Crippen LogP contribution in [0.4, 0.5) is 0 Å². The molecule has 5 nitrogen and oxygen atoms in total. The van der Waals surface area contributed by atoms with Gasteiger partial charge in [-0.1, -0.05) is 6.42 Å². The van der Waals surface area contributed by atoms with Gasteiger partial charge in [0, 0.05) is 37.0 Å². The molecule has 0 saturated heterocycles. The Morgan fingerprint density at radius 2 is 1.88 bits per heavy atom. The molecule has 0 aromatic carbocycles. The van der Waals surface area contributed by atoms with Gasteiger partial charge in [0.2, 0.25) is 0 Å². The van der Waals surface area contributed by atoms with Crippen molar-refractivity contribution in [3.8, 4) is 11.3 Å². The molecule has 4 rings (SSSR count). The fourth-order valence-electron chi connectivity index (χ4n) is 4.21. The molecular formula is C21H31N5. The zero-order valence-corrected chi connectivity index (χ0v) is 15.9. The van der Waals surface area contributed by atoms with E-state index >= 15 is 0 Å². The molecule has 5 heteroatoms. The molecule has 2 heterocycles. The van der Waals surface area contributed by atoms with Crippen LogP contribution in [-0.2, 0) is 19.9 Å². The topological polar surface area (TPSA) is 69.6 Å². The Kier molecular flexibility index (Phi) is 5.34. The second kappa shape index (κ2) is 7.87. The number of hydrogen-bond donors (Lipinski definition) is 1. The van der Waals surface area contributed by atoms with Crippen LogP contribution in [0.25, 0.3) is 11.3 Å². The third kappa shape index (κ3) is 4.32. The van der Waals surface area contributed by atoms with E-state index in [9.17, 15) is 0 Å². The first-order valence-corrected chi connectivity index (χ1v) is 10.3. The molecule has 0 bridgehead atoms. The average Bonchev–Trinajstić information content (AvgIpc) is 3.40. The number of rotatable bonds is 7. The molecule has 26 heavy (non-hydrogen) atoms. The van der Waals surface area contributed by atoms with E-state index in [1.807, 2.05) is 30.2 Å². The van der Waals surface area contributed by atoms with Gasteiger partial charge in [0.1, 0.15) is 5.82 Å². The van der Waals surface area contributed by atoms with Crippen molar-refractivity contribution in [3.63, 3.8) is 0 Å². The van der Waals surface area contributed by atoms with Crippen molar-refractivity contribution in [2.24, 2.45) is 24.6 Å². The molecule has 2 aliphatic carbocycles. The second-order valence-corrected chi connectivity index (χ2v) is 8.31. The van der Waals surface area contributed by atoms with Gasteiger partial charge in [0.25, 0.3) is 0 Å². The Morgan fingerprint density at radius 1 is 1.12 bits per heavy atom. The molecule has 2 aromatic rings. The third-order valence-corrected chi connectivity index (χ3v) is 6.13. The summed E-state index contributed by atoms with van der Waals surface area (Å²) < 4.78 is 2.02. The largest absolute Gasteiger partial charge is 0.328 e. The minimum absolute atomic E-state index is 0.440. The van der Waals surface area contributed by atoms with Crippen molar-refractivity contribution in [1.29, 1.82) is 0 Å². The Morgan fingerprint density at radius 3 is 2.65 bits per heavy atom. The predicted molar refractivity (Wildman–Crippen MR) is 104 cm³/mol. The van der Waals surface area contributed by atoms with Crippen LogP contribution >= 0.6 is 0 Å². The average molecular weight is 354 g/mol. The summed E-state index contributed by atoms with van der Waals surface area (Å²) in [6.45, 7) is 0. The van der Waals surface area contributed by atoms with Crippen molar-refractivity contribution < 1.29 is 0 Å². The SMILES string of the molecule is Cn1ncc(-c2ccnc(CCCC3CCC(N)CC3)n2)c1CC1CC1. The standard InChI is InChI=1S/C21H31N5/c1-26-20(13-16-5-6-16)18(14-24-26)19-11-12-23-21(25-19)4-2-3-15-7-9-17(22)10-8-15/h11-12,14-17H,2-10,13,22H2,1H3. The van der Waals surface area contributed by atoms with Crippen molar-refractivity contribution in [3.05, 3.63) is 30.0 Å². The first-order chi connectivity index (χ1) is 12.7. The van der Waals surface area contributed by atoms with Gasteiger partial charge in [-0.2, -0.15) is 5.10 Å². The highest BCUT2D eigenvalue weighted by Gasteiger charge is 2.25. The number of aryl methyl sites for hydroxylation is 2. The summed E-state index contributed by atoms with van der Waals surface area (Å²) >= 11 is 0. The summed E-state index contributed by atoms with van der Waals surface area (Å²) in [5.74, 6) is 2.66. The summed E-state index contributed by atoms with van der Waals surface area (Å²) in [5.41, 5.74) is 9.54. The summed E-state index contributed by atoms with van der Waals surface area (Å²) in [4.78, 5) is 9.37. The van der Waals surface area contributed by atoms with Gasteiger partial charge in [-0.05, 0) is 69.3 Å². The van der Waals surface area contributed by atoms with Crippen LogP contribution in [0.15, 0.2) is 18.5 Å². The van der Waals surface area contributed by atoms with Crippen molar-refractivity contribution in [2.75, 3.05) is 0 Å². The highest BCUT2D eigenvalue weighted by molar-refractivity contribution is 5.61. The molecule has 2 aliphatic rings. The van der Waals surface area contributed by atoms with E-state index in [0.29, 0.717) is 6.04 Å². The maximum Gasteiger partial charge on any atom is 0.128 e. The lowest BCUT2D eigenvalue weighted by molar-refractivity contribution is 0.305. The third-order valence-electron chi connectivity index (χ3n) is 6.13. The summed E-state index contributed by atoms with van der Waals surface area (Å²) in [7, 11) is 2.04. The molecule has 0 unspecified atom stereocenters. The van der Waals surface area contributed by atoms with E-state index in [1.54, 1.807) is 0 Å². The van der Waals surface area contributed by atoms with Gasteiger partial charge in [-0.15, -0.1) is 0 Å².